The highest BCUT2D eigenvalue weighted by Crippen LogP contribution is 2.43. The maximum absolute atomic E-state index is 13.9. The van der Waals surface area contributed by atoms with Gasteiger partial charge in [-0.15, -0.1) is 0 Å². The number of nitriles is 1. The van der Waals surface area contributed by atoms with Gasteiger partial charge >= 0.3 is 6.18 Å². The minimum Gasteiger partial charge on any atom is -0.381 e. The van der Waals surface area contributed by atoms with Crippen molar-refractivity contribution >= 4 is 5.78 Å². The fourth-order valence-corrected chi connectivity index (χ4v) is 3.68. The quantitative estimate of drug-likeness (QED) is 0.312. The van der Waals surface area contributed by atoms with E-state index in [4.69, 9.17) is 9.05 Å². The van der Waals surface area contributed by atoms with Crippen molar-refractivity contribution in [3.05, 3.63) is 65.7 Å². The largest absolute Gasteiger partial charge is 0.422 e. The van der Waals surface area contributed by atoms with Crippen molar-refractivity contribution in [2.24, 2.45) is 11.8 Å². The number of carbonyl (C=O) groups excluding carboxylic acids is 1. The van der Waals surface area contributed by atoms with Crippen molar-refractivity contribution < 1.29 is 32.1 Å². The summed E-state index contributed by atoms with van der Waals surface area (Å²) in [6, 6.07) is 15.7. The lowest BCUT2D eigenvalue weighted by molar-refractivity contribution is -0.137. The van der Waals surface area contributed by atoms with Gasteiger partial charge in [-0.05, 0) is 11.5 Å². The van der Waals surface area contributed by atoms with Crippen LogP contribution in [0.5, 0.6) is 0 Å². The van der Waals surface area contributed by atoms with Crippen molar-refractivity contribution in [2.45, 2.75) is 32.5 Å². The molecule has 2 aromatic carbocycles. The first-order valence-electron chi connectivity index (χ1n) is 11.3. The van der Waals surface area contributed by atoms with E-state index in [9.17, 15) is 28.3 Å². The number of aromatic nitrogens is 3. The Morgan fingerprint density at radius 3 is 2.30 bits per heavy atom. The molecule has 0 bridgehead atoms. The molecule has 4 rings (SSSR count). The normalized spacial score (nSPS) is 13.4. The van der Waals surface area contributed by atoms with Crippen LogP contribution in [0, 0.1) is 23.2 Å². The molecule has 0 radical (unpaired) electrons. The molecule has 0 amide bonds. The number of hydrogen-bond acceptors (Lipinski definition) is 8. The first kappa shape index (κ1) is 25.8. The lowest BCUT2D eigenvalue weighted by Crippen LogP contribution is -2.18. The molecule has 1 N–H and O–H groups in total. The number of Topliss-reactive ketones (excluding diaryl/α,β-unsaturated/α-hetero) is 1. The van der Waals surface area contributed by atoms with Crippen LogP contribution < -0.4 is 0 Å². The van der Waals surface area contributed by atoms with E-state index >= 15 is 0 Å². The molecule has 0 aliphatic carbocycles. The predicted octanol–water partition coefficient (Wildman–Crippen LogP) is 5.87. The standard InChI is InChI=1S/C26H21F3N4O4/c1-14(2)18(13-30)12-19(34)22(35)16-8-10-17(11-9-16)24-31-25(37-33-24)23-20(26(27,28)29)21(32-36-23)15-6-4-3-5-7-15/h3-11,14,18,22,35H,12H2,1-2H3/t18-,22?/m1/s1. The Balaban J connectivity index is 1.58. The van der Waals surface area contributed by atoms with Gasteiger partial charge in [-0.2, -0.15) is 23.4 Å². The minimum atomic E-state index is -4.81. The van der Waals surface area contributed by atoms with Gasteiger partial charge in [-0.3, -0.25) is 4.79 Å². The summed E-state index contributed by atoms with van der Waals surface area (Å²) in [7, 11) is 0. The van der Waals surface area contributed by atoms with Crippen molar-refractivity contribution in [2.75, 3.05) is 0 Å². The molecule has 0 saturated heterocycles. The van der Waals surface area contributed by atoms with Crippen LogP contribution in [0.15, 0.2) is 63.6 Å². The number of ketones is 1. The minimum absolute atomic E-state index is 0.0301. The number of nitrogens with zero attached hydrogens (tertiary/aromatic N) is 4. The zero-order valence-corrected chi connectivity index (χ0v) is 19.7. The average molecular weight is 510 g/mol. The number of alkyl halides is 3. The number of benzene rings is 2. The SMILES string of the molecule is CC(C)[C@@H](C#N)CC(=O)C(O)c1ccc(-c2noc(-c3onc(-c4ccccc4)c3C(F)(F)F)n2)cc1. The van der Waals surface area contributed by atoms with E-state index in [1.165, 1.54) is 36.4 Å². The van der Waals surface area contributed by atoms with Crippen LogP contribution in [-0.2, 0) is 11.0 Å². The van der Waals surface area contributed by atoms with Gasteiger partial charge in [0.25, 0.3) is 5.89 Å². The Morgan fingerprint density at radius 2 is 1.70 bits per heavy atom. The molecule has 2 heterocycles. The van der Waals surface area contributed by atoms with Gasteiger partial charge in [0, 0.05) is 17.5 Å². The molecule has 4 aromatic rings. The molecule has 0 aliphatic rings. The summed E-state index contributed by atoms with van der Waals surface area (Å²) in [6.07, 6.45) is -6.32. The molecule has 1 unspecified atom stereocenters. The topological polar surface area (TPSA) is 126 Å². The number of rotatable bonds is 8. The first-order valence-corrected chi connectivity index (χ1v) is 11.3. The predicted molar refractivity (Wildman–Crippen MR) is 124 cm³/mol. The van der Waals surface area contributed by atoms with Gasteiger partial charge in [0.05, 0.1) is 12.0 Å². The molecule has 11 heteroatoms. The lowest BCUT2D eigenvalue weighted by atomic mass is 9.89. The van der Waals surface area contributed by atoms with Crippen molar-refractivity contribution in [3.63, 3.8) is 0 Å². The fraction of sp³-hybridized carbons (Fsp3) is 0.269. The number of aliphatic hydroxyl groups excluding tert-OH is 1. The van der Waals surface area contributed by atoms with Crippen LogP contribution in [0.25, 0.3) is 34.3 Å². The molecule has 37 heavy (non-hydrogen) atoms. The molecule has 0 saturated carbocycles. The molecule has 8 nitrogen and oxygen atoms in total. The second kappa shape index (κ2) is 10.4. The Bertz CT molecular complexity index is 1420. The zero-order chi connectivity index (χ0) is 26.7. The average Bonchev–Trinajstić information content (AvgIpc) is 3.55. The van der Waals surface area contributed by atoms with Gasteiger partial charge in [0.15, 0.2) is 5.78 Å². The van der Waals surface area contributed by atoms with E-state index in [0.29, 0.717) is 11.1 Å². The van der Waals surface area contributed by atoms with E-state index in [1.54, 1.807) is 18.2 Å². The molecule has 190 valence electrons. The molecule has 2 aromatic heterocycles. The van der Waals surface area contributed by atoms with Crippen LogP contribution in [0.1, 0.15) is 37.5 Å². The smallest absolute Gasteiger partial charge is 0.381 e. The Kier molecular flexibility index (Phi) is 7.22. The summed E-state index contributed by atoms with van der Waals surface area (Å²) in [5.41, 5.74) is -0.667. The van der Waals surface area contributed by atoms with Gasteiger partial charge in [-0.25, -0.2) is 0 Å². The fourth-order valence-electron chi connectivity index (χ4n) is 3.68. The van der Waals surface area contributed by atoms with Crippen LogP contribution in [0.3, 0.4) is 0 Å². The number of carbonyl (C=O) groups is 1. The van der Waals surface area contributed by atoms with Gasteiger partial charge in [0.2, 0.25) is 11.6 Å². The van der Waals surface area contributed by atoms with E-state index in [-0.39, 0.29) is 23.7 Å². The van der Waals surface area contributed by atoms with E-state index in [0.717, 1.165) is 0 Å². The van der Waals surface area contributed by atoms with Gasteiger partial charge in [-0.1, -0.05) is 78.8 Å². The third-order valence-electron chi connectivity index (χ3n) is 5.82. The van der Waals surface area contributed by atoms with E-state index in [1.807, 2.05) is 13.8 Å². The van der Waals surface area contributed by atoms with Crippen molar-refractivity contribution in [1.82, 2.24) is 15.3 Å². The summed E-state index contributed by atoms with van der Waals surface area (Å²) in [6.45, 7) is 3.64. The van der Waals surface area contributed by atoms with Crippen LogP contribution in [0.2, 0.25) is 0 Å². The summed E-state index contributed by atoms with van der Waals surface area (Å²) in [4.78, 5) is 16.4. The molecular formula is C26H21F3N4O4. The second-order valence-electron chi connectivity index (χ2n) is 8.70. The summed E-state index contributed by atoms with van der Waals surface area (Å²) >= 11 is 0. The first-order chi connectivity index (χ1) is 17.6. The number of halogens is 3. The number of hydrogen-bond donors (Lipinski definition) is 1. The summed E-state index contributed by atoms with van der Waals surface area (Å²) in [5.74, 6) is -2.29. The monoisotopic (exact) mass is 510 g/mol. The van der Waals surface area contributed by atoms with Crippen LogP contribution >= 0.6 is 0 Å². The van der Waals surface area contributed by atoms with Crippen molar-refractivity contribution in [1.29, 1.82) is 5.26 Å². The van der Waals surface area contributed by atoms with Crippen LogP contribution in [0.4, 0.5) is 13.2 Å². The molecule has 0 spiro atoms. The molecule has 2 atom stereocenters. The molecule has 0 fully saturated rings. The Morgan fingerprint density at radius 1 is 1.03 bits per heavy atom. The Labute approximate surface area is 209 Å². The summed E-state index contributed by atoms with van der Waals surface area (Å²) in [5, 5.41) is 26.9. The summed E-state index contributed by atoms with van der Waals surface area (Å²) < 4.78 is 51.8. The maximum atomic E-state index is 13.9. The van der Waals surface area contributed by atoms with Crippen LogP contribution in [-0.4, -0.2) is 26.2 Å². The van der Waals surface area contributed by atoms with Crippen molar-refractivity contribution in [3.8, 4) is 40.4 Å². The lowest BCUT2D eigenvalue weighted by Gasteiger charge is -2.15. The second-order valence-corrected chi connectivity index (χ2v) is 8.70. The molecule has 0 aliphatic heterocycles. The van der Waals surface area contributed by atoms with E-state index in [2.05, 4.69) is 21.4 Å². The highest BCUT2D eigenvalue weighted by molar-refractivity contribution is 5.84. The highest BCUT2D eigenvalue weighted by Gasteiger charge is 2.43. The zero-order valence-electron chi connectivity index (χ0n) is 19.7. The highest BCUT2D eigenvalue weighted by atomic mass is 19.4. The number of aliphatic hydroxyl groups is 1. The van der Waals surface area contributed by atoms with Gasteiger partial charge in [0.1, 0.15) is 17.4 Å². The Hall–Kier alpha value is -4.30. The third-order valence-corrected chi connectivity index (χ3v) is 5.82. The maximum Gasteiger partial charge on any atom is 0.422 e. The third kappa shape index (κ3) is 5.44. The van der Waals surface area contributed by atoms with Gasteiger partial charge < -0.3 is 14.2 Å². The van der Waals surface area contributed by atoms with E-state index < -0.39 is 46.9 Å². The molecular weight excluding hydrogens is 489 g/mol.